The number of unbranched alkanes of at least 4 members (excludes halogenated alkanes) is 12. The summed E-state index contributed by atoms with van der Waals surface area (Å²) in [6.45, 7) is 4.59. The Balaban J connectivity index is 3.18. The molecule has 1 atom stereocenters. The van der Waals surface area contributed by atoms with Crippen LogP contribution < -0.4 is 0 Å². The number of ether oxygens (including phenoxy) is 1. The van der Waals surface area contributed by atoms with E-state index in [0.717, 1.165) is 25.7 Å². The number of aliphatic hydroxyl groups excluding tert-OH is 1. The summed E-state index contributed by atoms with van der Waals surface area (Å²) in [4.78, 5) is 11.2. The van der Waals surface area contributed by atoms with Gasteiger partial charge in [-0.25, -0.2) is 0 Å². The molecule has 3 heteroatoms. The highest BCUT2D eigenvalue weighted by Crippen LogP contribution is 2.15. The topological polar surface area (TPSA) is 46.5 Å². The van der Waals surface area contributed by atoms with E-state index < -0.39 is 0 Å². The lowest BCUT2D eigenvalue weighted by Gasteiger charge is -2.10. The Hall–Kier alpha value is -0.570. The van der Waals surface area contributed by atoms with Crippen molar-refractivity contribution in [3.63, 3.8) is 0 Å². The maximum absolute atomic E-state index is 11.2. The summed E-state index contributed by atoms with van der Waals surface area (Å²) in [5.74, 6) is -0.0537. The van der Waals surface area contributed by atoms with E-state index in [1.165, 1.54) is 77.0 Å². The summed E-state index contributed by atoms with van der Waals surface area (Å²) in [6, 6.07) is 0. The van der Waals surface area contributed by atoms with Crippen molar-refractivity contribution in [1.82, 2.24) is 0 Å². The minimum atomic E-state index is -0.0750. The molecule has 25 heavy (non-hydrogen) atoms. The van der Waals surface area contributed by atoms with Crippen molar-refractivity contribution in [2.45, 2.75) is 129 Å². The molecule has 0 aliphatic carbocycles. The van der Waals surface area contributed by atoms with E-state index in [-0.39, 0.29) is 12.1 Å². The normalized spacial score (nSPS) is 12.3. The number of carbonyl (C=O) groups is 1. The standard InChI is InChI=1S/C22H44O3/c1-3-5-6-7-12-15-18-21(23)19-16-13-10-8-9-11-14-17-20-22(24)25-4-2/h21,23H,3-20H2,1-2H3. The Bertz CT molecular complexity index is 278. The highest BCUT2D eigenvalue weighted by Gasteiger charge is 2.04. The Morgan fingerprint density at radius 1 is 0.720 bits per heavy atom. The smallest absolute Gasteiger partial charge is 0.305 e. The third-order valence-electron chi connectivity index (χ3n) is 4.86. The quantitative estimate of drug-likeness (QED) is 0.210. The molecule has 0 saturated heterocycles. The summed E-state index contributed by atoms with van der Waals surface area (Å²) in [7, 11) is 0. The molecule has 0 spiro atoms. The SMILES string of the molecule is CCCCCCCCC(O)CCCCCCCCCCC(=O)OCC. The van der Waals surface area contributed by atoms with Gasteiger partial charge in [0.15, 0.2) is 0 Å². The second-order valence-electron chi connectivity index (χ2n) is 7.38. The van der Waals surface area contributed by atoms with E-state index in [1.54, 1.807) is 0 Å². The minimum Gasteiger partial charge on any atom is -0.466 e. The van der Waals surface area contributed by atoms with Gasteiger partial charge in [0.25, 0.3) is 0 Å². The number of rotatable bonds is 19. The van der Waals surface area contributed by atoms with Gasteiger partial charge < -0.3 is 9.84 Å². The summed E-state index contributed by atoms with van der Waals surface area (Å²) in [6.07, 6.45) is 19.9. The van der Waals surface area contributed by atoms with Gasteiger partial charge in [0.1, 0.15) is 0 Å². The molecule has 0 aliphatic heterocycles. The molecule has 150 valence electrons. The van der Waals surface area contributed by atoms with Gasteiger partial charge in [-0.2, -0.15) is 0 Å². The third kappa shape index (κ3) is 19.6. The van der Waals surface area contributed by atoms with Crippen molar-refractivity contribution in [3.8, 4) is 0 Å². The maximum Gasteiger partial charge on any atom is 0.305 e. The Kier molecular flexibility index (Phi) is 19.3. The van der Waals surface area contributed by atoms with Crippen molar-refractivity contribution in [1.29, 1.82) is 0 Å². The van der Waals surface area contributed by atoms with E-state index in [9.17, 15) is 9.90 Å². The lowest BCUT2D eigenvalue weighted by molar-refractivity contribution is -0.143. The van der Waals surface area contributed by atoms with Gasteiger partial charge in [-0.05, 0) is 26.2 Å². The van der Waals surface area contributed by atoms with Crippen LogP contribution in [0.15, 0.2) is 0 Å². The van der Waals surface area contributed by atoms with Crippen LogP contribution in [0.4, 0.5) is 0 Å². The fourth-order valence-corrected chi connectivity index (χ4v) is 3.25. The highest BCUT2D eigenvalue weighted by molar-refractivity contribution is 5.69. The number of esters is 1. The van der Waals surface area contributed by atoms with Crippen LogP contribution in [0.3, 0.4) is 0 Å². The van der Waals surface area contributed by atoms with Crippen LogP contribution in [0, 0.1) is 0 Å². The second kappa shape index (κ2) is 19.8. The van der Waals surface area contributed by atoms with Crippen LogP contribution in [-0.2, 0) is 9.53 Å². The van der Waals surface area contributed by atoms with Crippen LogP contribution in [0.25, 0.3) is 0 Å². The van der Waals surface area contributed by atoms with E-state index in [2.05, 4.69) is 6.92 Å². The Morgan fingerprint density at radius 2 is 1.16 bits per heavy atom. The lowest BCUT2D eigenvalue weighted by atomic mass is 10.0. The first kappa shape index (κ1) is 24.4. The lowest BCUT2D eigenvalue weighted by Crippen LogP contribution is -2.05. The van der Waals surface area contributed by atoms with Crippen LogP contribution in [0.2, 0.25) is 0 Å². The highest BCUT2D eigenvalue weighted by atomic mass is 16.5. The van der Waals surface area contributed by atoms with Crippen LogP contribution >= 0.6 is 0 Å². The molecule has 0 saturated carbocycles. The average molecular weight is 357 g/mol. The second-order valence-corrected chi connectivity index (χ2v) is 7.38. The predicted octanol–water partition coefficient (Wildman–Crippen LogP) is 6.56. The fourth-order valence-electron chi connectivity index (χ4n) is 3.25. The van der Waals surface area contributed by atoms with Gasteiger partial charge in [-0.1, -0.05) is 90.4 Å². The molecule has 0 fully saturated rings. The van der Waals surface area contributed by atoms with E-state index >= 15 is 0 Å². The van der Waals surface area contributed by atoms with Gasteiger partial charge in [0, 0.05) is 6.42 Å². The summed E-state index contributed by atoms with van der Waals surface area (Å²) >= 11 is 0. The number of aliphatic hydroxyl groups is 1. The largest absolute Gasteiger partial charge is 0.466 e. The monoisotopic (exact) mass is 356 g/mol. The maximum atomic E-state index is 11.2. The van der Waals surface area contributed by atoms with Crippen molar-refractivity contribution >= 4 is 5.97 Å². The first-order valence-electron chi connectivity index (χ1n) is 11.0. The van der Waals surface area contributed by atoms with Crippen molar-refractivity contribution in [3.05, 3.63) is 0 Å². The number of carbonyl (C=O) groups excluding carboxylic acids is 1. The van der Waals surface area contributed by atoms with E-state index in [0.29, 0.717) is 13.0 Å². The predicted molar refractivity (Wildman–Crippen MR) is 107 cm³/mol. The van der Waals surface area contributed by atoms with Gasteiger partial charge in [0.05, 0.1) is 12.7 Å². The molecule has 1 N–H and O–H groups in total. The summed E-state index contributed by atoms with van der Waals surface area (Å²) in [5, 5.41) is 10.00. The molecule has 0 radical (unpaired) electrons. The molecule has 3 nitrogen and oxygen atoms in total. The molecule has 0 aromatic heterocycles. The minimum absolute atomic E-state index is 0.0537. The van der Waals surface area contributed by atoms with E-state index in [1.807, 2.05) is 6.92 Å². The Morgan fingerprint density at radius 3 is 1.64 bits per heavy atom. The van der Waals surface area contributed by atoms with E-state index in [4.69, 9.17) is 4.74 Å². The van der Waals surface area contributed by atoms with Crippen molar-refractivity contribution in [2.24, 2.45) is 0 Å². The Labute approximate surface area is 156 Å². The molecule has 0 aliphatic rings. The van der Waals surface area contributed by atoms with Crippen molar-refractivity contribution in [2.75, 3.05) is 6.61 Å². The zero-order valence-electron chi connectivity index (χ0n) is 17.1. The first-order valence-corrected chi connectivity index (χ1v) is 11.0. The van der Waals surface area contributed by atoms with Gasteiger partial charge >= 0.3 is 5.97 Å². The zero-order chi connectivity index (χ0) is 18.6. The van der Waals surface area contributed by atoms with Gasteiger partial charge in [-0.15, -0.1) is 0 Å². The van der Waals surface area contributed by atoms with Crippen LogP contribution in [0.5, 0.6) is 0 Å². The zero-order valence-corrected chi connectivity index (χ0v) is 17.1. The number of hydrogen-bond acceptors (Lipinski definition) is 3. The molecule has 0 rings (SSSR count). The first-order chi connectivity index (χ1) is 12.2. The molecular formula is C22H44O3. The summed E-state index contributed by atoms with van der Waals surface area (Å²) in [5.41, 5.74) is 0. The molecule has 0 aromatic carbocycles. The van der Waals surface area contributed by atoms with Crippen LogP contribution in [0.1, 0.15) is 123 Å². The fraction of sp³-hybridized carbons (Fsp3) is 0.955. The average Bonchev–Trinajstić information content (AvgIpc) is 2.59. The van der Waals surface area contributed by atoms with Gasteiger partial charge in [0.2, 0.25) is 0 Å². The van der Waals surface area contributed by atoms with Crippen molar-refractivity contribution < 1.29 is 14.6 Å². The molecule has 0 heterocycles. The molecular weight excluding hydrogens is 312 g/mol. The molecule has 1 unspecified atom stereocenters. The summed E-state index contributed by atoms with van der Waals surface area (Å²) < 4.78 is 4.92. The van der Waals surface area contributed by atoms with Crippen LogP contribution in [-0.4, -0.2) is 23.8 Å². The molecule has 0 aromatic rings. The molecule has 0 amide bonds. The number of hydrogen-bond donors (Lipinski definition) is 1. The van der Waals surface area contributed by atoms with Gasteiger partial charge in [-0.3, -0.25) is 4.79 Å². The third-order valence-corrected chi connectivity index (χ3v) is 4.86. The molecule has 0 bridgehead atoms.